The number of aromatic nitrogens is 4. The van der Waals surface area contributed by atoms with Crippen LogP contribution < -0.4 is 10.5 Å². The van der Waals surface area contributed by atoms with E-state index in [4.69, 9.17) is 26.8 Å². The standard InChI is InChI=1S/C22H21ClN6O5/c1-22(2,3)34-21(32)29-7-5-14-12(19(29)31)9-15(27-14)11-4-6-25-16(8-11)33-18-13(17(24)30)10-26-20(23)28-18/h4,6,8-10,27H,5,7H2,1-3H3,(H2,24,30). The summed E-state index contributed by atoms with van der Waals surface area (Å²) in [6.07, 6.45) is 2.43. The van der Waals surface area contributed by atoms with E-state index < -0.39 is 23.5 Å². The number of carbonyl (C=O) groups is 3. The summed E-state index contributed by atoms with van der Waals surface area (Å²) >= 11 is 5.81. The molecule has 0 radical (unpaired) electrons. The minimum absolute atomic E-state index is 0.0558. The topological polar surface area (TPSA) is 153 Å². The number of nitrogens with one attached hydrogen (secondary N) is 1. The number of nitrogens with zero attached hydrogens (tertiary/aromatic N) is 4. The molecule has 11 nitrogen and oxygen atoms in total. The van der Waals surface area contributed by atoms with Gasteiger partial charge < -0.3 is 20.2 Å². The quantitative estimate of drug-likeness (QED) is 0.534. The molecule has 34 heavy (non-hydrogen) atoms. The third-order valence-electron chi connectivity index (χ3n) is 4.81. The summed E-state index contributed by atoms with van der Waals surface area (Å²) in [5.74, 6) is -1.24. The van der Waals surface area contributed by atoms with Crippen molar-refractivity contribution < 1.29 is 23.9 Å². The summed E-state index contributed by atoms with van der Waals surface area (Å²) in [5.41, 5.74) is 6.92. The lowest BCUT2D eigenvalue weighted by atomic mass is 10.1. The van der Waals surface area contributed by atoms with Crippen LogP contribution in [0.25, 0.3) is 11.3 Å². The number of fused-ring (bicyclic) bond motifs is 1. The SMILES string of the molecule is CC(C)(C)OC(=O)N1CCc2[nH]c(-c3ccnc(Oc4nc(Cl)ncc4C(N)=O)c3)cc2C1=O. The van der Waals surface area contributed by atoms with Crippen LogP contribution in [0.15, 0.2) is 30.6 Å². The minimum atomic E-state index is -0.784. The van der Waals surface area contributed by atoms with Gasteiger partial charge in [0.15, 0.2) is 0 Å². The van der Waals surface area contributed by atoms with Crippen molar-refractivity contribution in [3.8, 4) is 23.0 Å². The van der Waals surface area contributed by atoms with Gasteiger partial charge in [-0.25, -0.2) is 19.7 Å². The summed E-state index contributed by atoms with van der Waals surface area (Å²) in [5, 5.41) is -0.124. The fraction of sp³-hybridized carbons (Fsp3) is 0.273. The van der Waals surface area contributed by atoms with E-state index in [0.717, 1.165) is 11.1 Å². The first-order valence-corrected chi connectivity index (χ1v) is 10.6. The molecular weight excluding hydrogens is 464 g/mol. The maximum Gasteiger partial charge on any atom is 0.417 e. The molecule has 0 bridgehead atoms. The van der Waals surface area contributed by atoms with Crippen LogP contribution in [0.3, 0.4) is 0 Å². The Labute approximate surface area is 199 Å². The van der Waals surface area contributed by atoms with Crippen molar-refractivity contribution in [3.63, 3.8) is 0 Å². The molecule has 1 aliphatic rings. The van der Waals surface area contributed by atoms with Crippen LogP contribution in [0.5, 0.6) is 11.8 Å². The molecule has 0 saturated carbocycles. The molecule has 3 aromatic heterocycles. The molecule has 0 saturated heterocycles. The Morgan fingerprint density at radius 2 is 2.00 bits per heavy atom. The summed E-state index contributed by atoms with van der Waals surface area (Å²) in [4.78, 5) is 53.0. The zero-order chi connectivity index (χ0) is 24.6. The van der Waals surface area contributed by atoms with E-state index in [1.807, 2.05) is 0 Å². The van der Waals surface area contributed by atoms with Crippen LogP contribution in [-0.2, 0) is 11.2 Å². The van der Waals surface area contributed by atoms with Crippen molar-refractivity contribution in [1.82, 2.24) is 24.8 Å². The molecule has 0 fully saturated rings. The first-order chi connectivity index (χ1) is 16.0. The van der Waals surface area contributed by atoms with E-state index in [1.165, 1.54) is 6.20 Å². The monoisotopic (exact) mass is 484 g/mol. The van der Waals surface area contributed by atoms with E-state index in [-0.39, 0.29) is 29.2 Å². The van der Waals surface area contributed by atoms with Gasteiger partial charge in [-0.15, -0.1) is 0 Å². The second kappa shape index (κ2) is 8.75. The summed E-state index contributed by atoms with van der Waals surface area (Å²) in [6.45, 7) is 5.42. The average Bonchev–Trinajstić information content (AvgIpc) is 3.18. The number of nitrogens with two attached hydrogens (primary N) is 1. The van der Waals surface area contributed by atoms with Crippen molar-refractivity contribution in [1.29, 1.82) is 0 Å². The van der Waals surface area contributed by atoms with E-state index in [1.54, 1.807) is 39.0 Å². The Morgan fingerprint density at radius 3 is 2.71 bits per heavy atom. The fourth-order valence-electron chi connectivity index (χ4n) is 3.33. The normalized spacial score (nSPS) is 13.4. The number of halogens is 1. The highest BCUT2D eigenvalue weighted by Crippen LogP contribution is 2.30. The first-order valence-electron chi connectivity index (χ1n) is 10.2. The number of carbonyl (C=O) groups excluding carboxylic acids is 3. The molecule has 0 aliphatic carbocycles. The van der Waals surface area contributed by atoms with Gasteiger partial charge in [0.2, 0.25) is 17.0 Å². The van der Waals surface area contributed by atoms with E-state index in [2.05, 4.69) is 19.9 Å². The van der Waals surface area contributed by atoms with Crippen LogP contribution >= 0.6 is 11.6 Å². The molecule has 4 heterocycles. The highest BCUT2D eigenvalue weighted by molar-refractivity contribution is 6.28. The minimum Gasteiger partial charge on any atom is -0.443 e. The van der Waals surface area contributed by atoms with Crippen molar-refractivity contribution in [3.05, 3.63) is 52.7 Å². The van der Waals surface area contributed by atoms with Crippen molar-refractivity contribution >= 4 is 29.5 Å². The number of imide groups is 1. The number of hydrogen-bond donors (Lipinski definition) is 2. The van der Waals surface area contributed by atoms with Gasteiger partial charge in [-0.2, -0.15) is 4.98 Å². The maximum absolute atomic E-state index is 12.9. The van der Waals surface area contributed by atoms with Crippen molar-refractivity contribution in [2.75, 3.05) is 6.54 Å². The second-order valence-electron chi connectivity index (χ2n) is 8.47. The fourth-order valence-corrected chi connectivity index (χ4v) is 3.45. The lowest BCUT2D eigenvalue weighted by Crippen LogP contribution is -2.44. The van der Waals surface area contributed by atoms with E-state index in [0.29, 0.717) is 28.9 Å². The Balaban J connectivity index is 1.59. The van der Waals surface area contributed by atoms with Gasteiger partial charge in [0.05, 0.1) is 5.56 Å². The van der Waals surface area contributed by atoms with Gasteiger partial charge in [-0.3, -0.25) is 9.59 Å². The lowest BCUT2D eigenvalue weighted by molar-refractivity contribution is 0.0233. The smallest absolute Gasteiger partial charge is 0.417 e. The summed E-state index contributed by atoms with van der Waals surface area (Å²) in [6, 6.07) is 4.96. The molecule has 3 amide bonds. The molecule has 176 valence electrons. The van der Waals surface area contributed by atoms with Crippen LogP contribution in [-0.4, -0.2) is 54.9 Å². The molecule has 0 aromatic carbocycles. The number of aromatic amines is 1. The first kappa shape index (κ1) is 23.2. The number of rotatable bonds is 4. The molecule has 0 unspecified atom stereocenters. The van der Waals surface area contributed by atoms with Crippen molar-refractivity contribution in [2.24, 2.45) is 5.73 Å². The predicted octanol–water partition coefficient (Wildman–Crippen LogP) is 3.34. The molecule has 3 N–H and O–H groups in total. The Bertz CT molecular complexity index is 1300. The third-order valence-corrected chi connectivity index (χ3v) is 4.99. The molecule has 3 aromatic rings. The number of hydrogen-bond acceptors (Lipinski definition) is 8. The summed E-state index contributed by atoms with van der Waals surface area (Å²) in [7, 11) is 0. The van der Waals surface area contributed by atoms with Crippen LogP contribution in [0, 0.1) is 0 Å². The Hall–Kier alpha value is -3.99. The Kier molecular flexibility index (Phi) is 5.96. The van der Waals surface area contributed by atoms with Gasteiger partial charge in [-0.05, 0) is 44.5 Å². The Morgan fingerprint density at radius 1 is 1.24 bits per heavy atom. The van der Waals surface area contributed by atoms with Crippen molar-refractivity contribution in [2.45, 2.75) is 32.8 Å². The largest absolute Gasteiger partial charge is 0.443 e. The van der Waals surface area contributed by atoms with Gasteiger partial charge in [0, 0.05) is 48.4 Å². The lowest BCUT2D eigenvalue weighted by Gasteiger charge is -2.28. The predicted molar refractivity (Wildman–Crippen MR) is 121 cm³/mol. The molecule has 0 atom stereocenters. The highest BCUT2D eigenvalue weighted by Gasteiger charge is 2.33. The highest BCUT2D eigenvalue weighted by atomic mass is 35.5. The van der Waals surface area contributed by atoms with Gasteiger partial charge in [-0.1, -0.05) is 0 Å². The molecule has 12 heteroatoms. The van der Waals surface area contributed by atoms with E-state index in [9.17, 15) is 14.4 Å². The summed E-state index contributed by atoms with van der Waals surface area (Å²) < 4.78 is 11.0. The second-order valence-corrected chi connectivity index (χ2v) is 8.81. The number of pyridine rings is 1. The third kappa shape index (κ3) is 4.84. The van der Waals surface area contributed by atoms with Crippen LogP contribution in [0.2, 0.25) is 5.28 Å². The molecule has 1 aliphatic heterocycles. The zero-order valence-electron chi connectivity index (χ0n) is 18.6. The number of H-pyrrole nitrogens is 1. The average molecular weight is 485 g/mol. The van der Waals surface area contributed by atoms with Crippen LogP contribution in [0.4, 0.5) is 4.79 Å². The van der Waals surface area contributed by atoms with Gasteiger partial charge in [0.1, 0.15) is 11.2 Å². The number of amides is 3. The molecule has 4 rings (SSSR count). The van der Waals surface area contributed by atoms with Crippen LogP contribution in [0.1, 0.15) is 47.2 Å². The molecular formula is C22H21ClN6O5. The molecule has 0 spiro atoms. The number of ether oxygens (including phenoxy) is 2. The zero-order valence-corrected chi connectivity index (χ0v) is 19.3. The number of primary amides is 1. The maximum atomic E-state index is 12.9. The van der Waals surface area contributed by atoms with E-state index >= 15 is 0 Å². The van der Waals surface area contributed by atoms with Gasteiger partial charge in [0.25, 0.3) is 11.8 Å². The van der Waals surface area contributed by atoms with Gasteiger partial charge >= 0.3 is 6.09 Å².